The molecule has 1 amide bonds. The van der Waals surface area contributed by atoms with Crippen molar-refractivity contribution in [3.8, 4) is 0 Å². The van der Waals surface area contributed by atoms with E-state index in [2.05, 4.69) is 13.8 Å². The van der Waals surface area contributed by atoms with Crippen LogP contribution in [-0.2, 0) is 23.7 Å². The maximum absolute atomic E-state index is 13.2. The van der Waals surface area contributed by atoms with Crippen LogP contribution in [0.3, 0.4) is 0 Å². The number of hydrogen-bond acceptors (Lipinski definition) is 6. The highest BCUT2D eigenvalue weighted by Gasteiger charge is 2.39. The summed E-state index contributed by atoms with van der Waals surface area (Å²) in [4.78, 5) is 27.2. The number of carbonyl (C=O) groups is 2. The molecule has 1 fully saturated rings. The molecule has 0 bridgehead atoms. The molecule has 0 saturated carbocycles. The van der Waals surface area contributed by atoms with Crippen LogP contribution < -0.4 is 0 Å². The molecule has 1 aliphatic heterocycles. The molecule has 0 spiro atoms. The molecule has 1 rings (SSSR count). The molecule has 1 aliphatic rings. The summed E-state index contributed by atoms with van der Waals surface area (Å²) in [5.41, 5.74) is -0.754. The molecule has 206 valence electrons. The van der Waals surface area contributed by atoms with E-state index in [0.717, 1.165) is 12.8 Å². The summed E-state index contributed by atoms with van der Waals surface area (Å²) in [5, 5.41) is 0. The minimum Gasteiger partial charge on any atom is -0.458 e. The number of esters is 1. The van der Waals surface area contributed by atoms with E-state index in [9.17, 15) is 22.8 Å². The Kier molecular flexibility index (Phi) is 12.8. The fourth-order valence-corrected chi connectivity index (χ4v) is 4.20. The molecule has 7 nitrogen and oxygen atoms in total. The number of halogens is 3. The lowest BCUT2D eigenvalue weighted by molar-refractivity contribution is -0.167. The van der Waals surface area contributed by atoms with Crippen LogP contribution in [-0.4, -0.2) is 67.4 Å². The molecule has 0 aromatic rings. The molecule has 1 heterocycles. The van der Waals surface area contributed by atoms with Gasteiger partial charge < -0.3 is 18.9 Å². The Morgan fingerprint density at radius 2 is 1.86 bits per heavy atom. The van der Waals surface area contributed by atoms with Crippen LogP contribution in [0.1, 0.15) is 86.5 Å². The van der Waals surface area contributed by atoms with Crippen molar-refractivity contribution in [1.82, 2.24) is 4.90 Å². The maximum atomic E-state index is 13.2. The lowest BCUT2D eigenvalue weighted by atomic mass is 9.86. The number of hydrogen-bond donors (Lipinski definition) is 0. The van der Waals surface area contributed by atoms with Crippen LogP contribution in [0.5, 0.6) is 0 Å². The van der Waals surface area contributed by atoms with E-state index in [4.69, 9.17) is 18.9 Å². The first-order valence-electron chi connectivity index (χ1n) is 12.5. The lowest BCUT2D eigenvalue weighted by Gasteiger charge is -2.33. The summed E-state index contributed by atoms with van der Waals surface area (Å²) in [6, 6.07) is -0.901. The summed E-state index contributed by atoms with van der Waals surface area (Å²) >= 11 is 0. The van der Waals surface area contributed by atoms with Crippen LogP contribution in [0, 0.1) is 11.8 Å². The van der Waals surface area contributed by atoms with Crippen LogP contribution in [0.4, 0.5) is 18.0 Å². The van der Waals surface area contributed by atoms with Crippen molar-refractivity contribution in [1.29, 1.82) is 0 Å². The van der Waals surface area contributed by atoms with E-state index in [1.807, 2.05) is 0 Å². The summed E-state index contributed by atoms with van der Waals surface area (Å²) in [6.45, 7) is 10.9. The molecular formula is C25H44F3NO6. The van der Waals surface area contributed by atoms with Crippen LogP contribution in [0.15, 0.2) is 0 Å². The smallest absolute Gasteiger partial charge is 0.412 e. The van der Waals surface area contributed by atoms with E-state index < -0.39 is 48.5 Å². The lowest BCUT2D eigenvalue weighted by Crippen LogP contribution is -2.49. The number of cyclic esters (lactones) is 1. The third-order valence-corrected chi connectivity index (χ3v) is 5.86. The van der Waals surface area contributed by atoms with E-state index in [1.165, 1.54) is 12.0 Å². The van der Waals surface area contributed by atoms with Crippen molar-refractivity contribution >= 4 is 12.1 Å². The molecule has 35 heavy (non-hydrogen) atoms. The van der Waals surface area contributed by atoms with Crippen molar-refractivity contribution in [2.24, 2.45) is 11.8 Å². The highest BCUT2D eigenvalue weighted by molar-refractivity contribution is 5.81. The molecular weight excluding hydrogens is 467 g/mol. The molecule has 0 aromatic carbocycles. The Morgan fingerprint density at radius 3 is 2.40 bits per heavy atom. The van der Waals surface area contributed by atoms with Crippen LogP contribution in [0.2, 0.25) is 0 Å². The minimum atomic E-state index is -4.24. The fourth-order valence-electron chi connectivity index (χ4n) is 4.20. The zero-order chi connectivity index (χ0) is 26.8. The van der Waals surface area contributed by atoms with E-state index in [-0.39, 0.29) is 25.7 Å². The molecule has 0 aliphatic carbocycles. The van der Waals surface area contributed by atoms with Crippen molar-refractivity contribution in [3.63, 3.8) is 0 Å². The average molecular weight is 512 g/mol. The van der Waals surface area contributed by atoms with Gasteiger partial charge >= 0.3 is 18.2 Å². The van der Waals surface area contributed by atoms with Crippen molar-refractivity contribution in [3.05, 3.63) is 0 Å². The number of methoxy groups -OCH3 is 1. The maximum Gasteiger partial charge on any atom is 0.412 e. The molecule has 0 unspecified atom stereocenters. The predicted octanol–water partition coefficient (Wildman–Crippen LogP) is 6.09. The van der Waals surface area contributed by atoms with Gasteiger partial charge in [0.15, 0.2) is 0 Å². The third kappa shape index (κ3) is 12.3. The Hall–Kier alpha value is -1.55. The highest BCUT2D eigenvalue weighted by atomic mass is 19.4. The van der Waals surface area contributed by atoms with E-state index >= 15 is 0 Å². The van der Waals surface area contributed by atoms with Crippen molar-refractivity contribution in [2.45, 2.75) is 117 Å². The SMILES string of the molecule is COCN(C(=O)OC(C)(C)C)[C@H]1CCC[C@H](CCC(C)C)[C@@H](OCCCC(F)(F)F)[C@H](C)OC1=O. The fraction of sp³-hybridized carbons (Fsp3) is 0.920. The van der Waals surface area contributed by atoms with Gasteiger partial charge in [0, 0.05) is 20.1 Å². The Bertz CT molecular complexity index is 650. The van der Waals surface area contributed by atoms with Gasteiger partial charge in [-0.3, -0.25) is 4.90 Å². The third-order valence-electron chi connectivity index (χ3n) is 5.86. The normalized spacial score (nSPS) is 24.4. The number of alkyl halides is 3. The van der Waals surface area contributed by atoms with Gasteiger partial charge in [0.25, 0.3) is 0 Å². The van der Waals surface area contributed by atoms with Gasteiger partial charge in [0.05, 0.1) is 6.10 Å². The second-order valence-electron chi connectivity index (χ2n) is 10.7. The van der Waals surface area contributed by atoms with Gasteiger partial charge in [0.1, 0.15) is 24.5 Å². The topological polar surface area (TPSA) is 74.3 Å². The van der Waals surface area contributed by atoms with Gasteiger partial charge in [-0.15, -0.1) is 0 Å². The van der Waals surface area contributed by atoms with Gasteiger partial charge in [-0.05, 0) is 65.2 Å². The Morgan fingerprint density at radius 1 is 1.20 bits per heavy atom. The van der Waals surface area contributed by atoms with Crippen LogP contribution in [0.25, 0.3) is 0 Å². The molecule has 0 aromatic heterocycles. The minimum absolute atomic E-state index is 0.0160. The Balaban J connectivity index is 3.06. The summed E-state index contributed by atoms with van der Waals surface area (Å²) in [7, 11) is 1.42. The summed E-state index contributed by atoms with van der Waals surface area (Å²) in [5.74, 6) is -0.139. The van der Waals surface area contributed by atoms with Crippen molar-refractivity contribution < 1.29 is 41.7 Å². The second kappa shape index (κ2) is 14.3. The predicted molar refractivity (Wildman–Crippen MR) is 126 cm³/mol. The number of rotatable bonds is 10. The van der Waals surface area contributed by atoms with Gasteiger partial charge in [-0.2, -0.15) is 13.2 Å². The van der Waals surface area contributed by atoms with Crippen LogP contribution >= 0.6 is 0 Å². The van der Waals surface area contributed by atoms with Gasteiger partial charge in [-0.25, -0.2) is 9.59 Å². The van der Waals surface area contributed by atoms with Gasteiger partial charge in [-0.1, -0.05) is 26.7 Å². The van der Waals surface area contributed by atoms with Crippen molar-refractivity contribution in [2.75, 3.05) is 20.4 Å². The zero-order valence-corrected chi connectivity index (χ0v) is 22.3. The molecule has 10 heteroatoms. The summed E-state index contributed by atoms with van der Waals surface area (Å²) in [6.07, 6.45) is -3.81. The van der Waals surface area contributed by atoms with E-state index in [0.29, 0.717) is 25.2 Å². The largest absolute Gasteiger partial charge is 0.458 e. The number of carbonyl (C=O) groups excluding carboxylic acids is 2. The Labute approximate surface area is 208 Å². The number of nitrogens with zero attached hydrogens (tertiary/aromatic N) is 1. The highest BCUT2D eigenvalue weighted by Crippen LogP contribution is 2.31. The quantitative estimate of drug-likeness (QED) is 0.201. The standard InChI is InChI=1S/C25H44F3NO6/c1-17(2)12-13-19-10-8-11-20(29(16-32-7)23(31)35-24(4,5)6)22(30)34-18(3)21(19)33-15-9-14-25(26,27)28/h17-21H,8-16H2,1-7H3/t18-,19+,20-,21-/m0/s1. The summed E-state index contributed by atoms with van der Waals surface area (Å²) < 4.78 is 60.1. The first-order chi connectivity index (χ1) is 16.1. The average Bonchev–Trinajstić information content (AvgIpc) is 2.74. The van der Waals surface area contributed by atoms with E-state index in [1.54, 1.807) is 27.7 Å². The molecule has 4 atom stereocenters. The number of ether oxygens (including phenoxy) is 4. The molecule has 1 saturated heterocycles. The first kappa shape index (κ1) is 31.5. The van der Waals surface area contributed by atoms with Gasteiger partial charge in [0.2, 0.25) is 0 Å². The number of amides is 1. The zero-order valence-electron chi connectivity index (χ0n) is 22.3. The first-order valence-corrected chi connectivity index (χ1v) is 12.5. The molecule has 0 N–H and O–H groups in total. The molecule has 0 radical (unpaired) electrons. The second-order valence-corrected chi connectivity index (χ2v) is 10.7. The monoisotopic (exact) mass is 511 g/mol.